The average Bonchev–Trinajstić information content (AvgIpc) is 3.11. The van der Waals surface area contributed by atoms with Crippen LogP contribution in [0.5, 0.6) is 0 Å². The Labute approximate surface area is 141 Å². The van der Waals surface area contributed by atoms with Crippen LogP contribution in [0.1, 0.15) is 6.92 Å². The quantitative estimate of drug-likeness (QED) is 0.825. The zero-order chi connectivity index (χ0) is 17.3. The lowest BCUT2D eigenvalue weighted by atomic mass is 10.2. The number of rotatable bonds is 4. The lowest BCUT2D eigenvalue weighted by Crippen LogP contribution is -2.33. The van der Waals surface area contributed by atoms with Gasteiger partial charge in [0, 0.05) is 18.1 Å². The van der Waals surface area contributed by atoms with Gasteiger partial charge in [-0.25, -0.2) is 9.18 Å². The number of nitrogens with zero attached hydrogens (tertiary/aromatic N) is 2. The molecule has 0 spiro atoms. The molecule has 1 saturated heterocycles. The lowest BCUT2D eigenvalue weighted by Gasteiger charge is -2.18. The van der Waals surface area contributed by atoms with Gasteiger partial charge in [0.25, 0.3) is 0 Å². The van der Waals surface area contributed by atoms with E-state index in [1.54, 1.807) is 17.2 Å². The fourth-order valence-corrected chi connectivity index (χ4v) is 3.38. The van der Waals surface area contributed by atoms with E-state index in [-0.39, 0.29) is 24.9 Å². The Bertz CT molecular complexity index is 699. The summed E-state index contributed by atoms with van der Waals surface area (Å²) >= 11 is -1.13. The van der Waals surface area contributed by atoms with Crippen LogP contribution in [0, 0.1) is 5.82 Å². The van der Waals surface area contributed by atoms with E-state index in [1.807, 2.05) is 0 Å². The van der Waals surface area contributed by atoms with Gasteiger partial charge >= 0.3 is 6.09 Å². The molecule has 9 heteroatoms. The number of anilines is 2. The molecule has 0 bridgehead atoms. The number of halogens is 1. The molecule has 1 aromatic rings. The van der Waals surface area contributed by atoms with Crippen LogP contribution in [0.15, 0.2) is 29.8 Å². The molecule has 2 aliphatic heterocycles. The monoisotopic (exact) mass is 353 g/mol. The molecule has 0 aromatic heterocycles. The summed E-state index contributed by atoms with van der Waals surface area (Å²) in [5, 5.41) is 4.08. The molecule has 7 nitrogen and oxygen atoms in total. The summed E-state index contributed by atoms with van der Waals surface area (Å²) in [7, 11) is 0. The van der Waals surface area contributed by atoms with E-state index < -0.39 is 29.2 Å². The first kappa shape index (κ1) is 16.6. The van der Waals surface area contributed by atoms with Crippen molar-refractivity contribution in [2.24, 2.45) is 0 Å². The third-order valence-corrected chi connectivity index (χ3v) is 4.62. The molecule has 24 heavy (non-hydrogen) atoms. The molecule has 0 aliphatic carbocycles. The molecule has 1 aromatic carbocycles. The van der Waals surface area contributed by atoms with Crippen molar-refractivity contribution < 1.29 is 23.3 Å². The fourth-order valence-electron chi connectivity index (χ4n) is 2.51. The zero-order valence-electron chi connectivity index (χ0n) is 12.9. The third-order valence-electron chi connectivity index (χ3n) is 3.66. The van der Waals surface area contributed by atoms with Crippen molar-refractivity contribution in [3.63, 3.8) is 0 Å². The molecule has 0 saturated carbocycles. The predicted octanol–water partition coefficient (Wildman–Crippen LogP) is 1.28. The van der Waals surface area contributed by atoms with Gasteiger partial charge in [0.2, 0.25) is 5.91 Å². The lowest BCUT2D eigenvalue weighted by molar-refractivity contribution is -0.119. The summed E-state index contributed by atoms with van der Waals surface area (Å²) in [4.78, 5) is 25.7. The molecule has 2 aliphatic rings. The second-order valence-corrected chi connectivity index (χ2v) is 6.75. The standard InChI is InChI=1S/C15H16FN3O4S/c1-10(20)17-7-12-8-19(15(21)23-12)11-2-3-14(13(16)6-11)18-4-5-24(22)9-18/h2-6,12H,7-9H2,1H3,(H,17,20). The number of carbonyl (C=O) groups excluding carboxylic acids is 2. The number of benzene rings is 1. The molecule has 2 atom stereocenters. The van der Waals surface area contributed by atoms with E-state index in [0.717, 1.165) is 0 Å². The van der Waals surface area contributed by atoms with E-state index in [4.69, 9.17) is 4.74 Å². The summed E-state index contributed by atoms with van der Waals surface area (Å²) in [6, 6.07) is 4.38. The number of nitrogens with one attached hydrogen (secondary N) is 1. The summed E-state index contributed by atoms with van der Waals surface area (Å²) in [6.07, 6.45) is 0.509. The Balaban J connectivity index is 1.71. The molecule has 128 valence electrons. The summed E-state index contributed by atoms with van der Waals surface area (Å²) in [6.45, 7) is 1.82. The van der Waals surface area contributed by atoms with E-state index in [2.05, 4.69) is 5.32 Å². The minimum atomic E-state index is -1.13. The highest BCUT2D eigenvalue weighted by Crippen LogP contribution is 2.29. The van der Waals surface area contributed by atoms with Crippen LogP contribution in [0.25, 0.3) is 0 Å². The maximum absolute atomic E-state index is 14.4. The normalized spacial score (nSPS) is 22.9. The van der Waals surface area contributed by atoms with Gasteiger partial charge in [-0.05, 0) is 18.2 Å². The van der Waals surface area contributed by atoms with E-state index in [0.29, 0.717) is 11.4 Å². The minimum Gasteiger partial charge on any atom is -0.610 e. The van der Waals surface area contributed by atoms with Crippen LogP contribution in [-0.2, 0) is 20.7 Å². The van der Waals surface area contributed by atoms with Gasteiger partial charge in [0.05, 0.1) is 30.7 Å². The Morgan fingerprint density at radius 1 is 1.54 bits per heavy atom. The average molecular weight is 353 g/mol. The molecule has 2 amide bonds. The Morgan fingerprint density at radius 2 is 2.33 bits per heavy atom. The fraction of sp³-hybridized carbons (Fsp3) is 0.333. The topological polar surface area (TPSA) is 84.9 Å². The van der Waals surface area contributed by atoms with Gasteiger partial charge in [-0.15, -0.1) is 0 Å². The number of carbonyl (C=O) groups is 2. The second-order valence-electron chi connectivity index (χ2n) is 5.45. The maximum atomic E-state index is 14.4. The molecule has 1 N–H and O–H groups in total. The highest BCUT2D eigenvalue weighted by molar-refractivity contribution is 7.94. The molecule has 0 radical (unpaired) electrons. The Kier molecular flexibility index (Phi) is 4.63. The Morgan fingerprint density at radius 3 is 2.96 bits per heavy atom. The van der Waals surface area contributed by atoms with Gasteiger partial charge in [0.1, 0.15) is 17.3 Å². The van der Waals surface area contributed by atoms with Crippen molar-refractivity contribution in [3.8, 4) is 0 Å². The molecule has 3 rings (SSSR count). The van der Waals surface area contributed by atoms with E-state index >= 15 is 0 Å². The van der Waals surface area contributed by atoms with Crippen molar-refractivity contribution in [1.29, 1.82) is 0 Å². The summed E-state index contributed by atoms with van der Waals surface area (Å²) in [5.41, 5.74) is 0.666. The molecular formula is C15H16FN3O4S. The largest absolute Gasteiger partial charge is 0.610 e. The molecule has 1 fully saturated rings. The number of amides is 2. The number of hydrogen-bond acceptors (Lipinski definition) is 5. The Hall–Kier alpha value is -2.26. The molecule has 2 unspecified atom stereocenters. The minimum absolute atomic E-state index is 0.209. The van der Waals surface area contributed by atoms with Crippen molar-refractivity contribution in [3.05, 3.63) is 35.6 Å². The van der Waals surface area contributed by atoms with Gasteiger partial charge in [-0.1, -0.05) is 0 Å². The highest BCUT2D eigenvalue weighted by atomic mass is 32.2. The van der Waals surface area contributed by atoms with Crippen LogP contribution in [0.2, 0.25) is 0 Å². The first-order valence-corrected chi connectivity index (χ1v) is 8.66. The maximum Gasteiger partial charge on any atom is 0.414 e. The second kappa shape index (κ2) is 6.70. The van der Waals surface area contributed by atoms with Gasteiger partial charge < -0.3 is 14.6 Å². The van der Waals surface area contributed by atoms with Crippen LogP contribution < -0.4 is 15.1 Å². The van der Waals surface area contributed by atoms with Crippen LogP contribution in [0.4, 0.5) is 20.6 Å². The van der Waals surface area contributed by atoms with Crippen molar-refractivity contribution in [2.45, 2.75) is 13.0 Å². The van der Waals surface area contributed by atoms with Crippen LogP contribution >= 0.6 is 0 Å². The smallest absolute Gasteiger partial charge is 0.414 e. The number of ether oxygens (including phenoxy) is 1. The van der Waals surface area contributed by atoms with E-state index in [1.165, 1.54) is 29.4 Å². The summed E-state index contributed by atoms with van der Waals surface area (Å²) in [5.74, 6) is -0.522. The van der Waals surface area contributed by atoms with Gasteiger partial charge in [-0.2, -0.15) is 0 Å². The van der Waals surface area contributed by atoms with Gasteiger partial charge in [-0.3, -0.25) is 14.6 Å². The van der Waals surface area contributed by atoms with Crippen LogP contribution in [0.3, 0.4) is 0 Å². The number of hydrogen-bond donors (Lipinski definition) is 1. The number of cyclic esters (lactones) is 1. The molecule has 2 heterocycles. The molecular weight excluding hydrogens is 337 g/mol. The van der Waals surface area contributed by atoms with Gasteiger partial charge in [0.15, 0.2) is 5.88 Å². The zero-order valence-corrected chi connectivity index (χ0v) is 13.7. The van der Waals surface area contributed by atoms with Crippen molar-refractivity contribution in [2.75, 3.05) is 28.8 Å². The predicted molar refractivity (Wildman–Crippen MR) is 87.3 cm³/mol. The van der Waals surface area contributed by atoms with Crippen LogP contribution in [-0.4, -0.2) is 41.6 Å². The SMILES string of the molecule is CC(=O)NCC1CN(c2ccc(N3C=C[S+]([O-])C3)c(F)c2)C(=O)O1. The van der Waals surface area contributed by atoms with Crippen molar-refractivity contribution >= 4 is 34.6 Å². The van der Waals surface area contributed by atoms with E-state index in [9.17, 15) is 18.5 Å². The van der Waals surface area contributed by atoms with Crippen molar-refractivity contribution in [1.82, 2.24) is 5.32 Å². The first-order chi connectivity index (χ1) is 11.4. The third kappa shape index (κ3) is 3.46. The highest BCUT2D eigenvalue weighted by Gasteiger charge is 2.33. The first-order valence-electron chi connectivity index (χ1n) is 7.28. The summed E-state index contributed by atoms with van der Waals surface area (Å²) < 4.78 is 30.9.